The summed E-state index contributed by atoms with van der Waals surface area (Å²) < 4.78 is 0. The van der Waals surface area contributed by atoms with Crippen LogP contribution in [0.5, 0.6) is 0 Å². The highest BCUT2D eigenvalue weighted by Gasteiger charge is 1.52. The Morgan fingerprint density at radius 1 is 1.00 bits per heavy atom. The number of hydrogen-bond acceptors (Lipinski definition) is 0. The quantitative estimate of drug-likeness (QED) is 0.429. The molecule has 0 aliphatic carbocycles. The largest absolute Gasteiger partial charge is 0.307 e. The zero-order valence-corrected chi connectivity index (χ0v) is 2.15. The molecule has 22 valence electrons. The summed E-state index contributed by atoms with van der Waals surface area (Å²) >= 11 is 0. The van der Waals surface area contributed by atoms with Gasteiger partial charge in [-0.1, -0.05) is 0 Å². The van der Waals surface area contributed by atoms with Gasteiger partial charge in [0.25, 0.3) is 0 Å². The number of H-pyrrole nitrogens is 2. The van der Waals surface area contributed by atoms with Crippen LogP contribution < -0.4 is 0 Å². The van der Waals surface area contributed by atoms with Crippen LogP contribution in [-0.4, -0.2) is 10.2 Å². The normalized spacial score (nSPS) is 8.00. The predicted octanol–water partition coefficient (Wildman–Crippen LogP) is 0.343. The number of aromatic amines is 2. The highest BCUT2D eigenvalue weighted by Crippen LogP contribution is 1.59. The van der Waals surface area contributed by atoms with Gasteiger partial charge in [-0.15, -0.1) is 0 Å². The second-order valence-electron chi connectivity index (χ2n) is 0.622. The van der Waals surface area contributed by atoms with Gasteiger partial charge in [0, 0.05) is 12.4 Å². The molecular weight excluding hydrogens is 52.0 g/mol. The second-order valence-corrected chi connectivity index (χ2v) is 0.622. The molecule has 0 aliphatic heterocycles. The molecule has 0 spiro atoms. The van der Waals surface area contributed by atoms with Crippen molar-refractivity contribution in [1.29, 1.82) is 0 Å². The molecule has 0 radical (unpaired) electrons. The molecule has 2 heteroatoms. The first-order valence-electron chi connectivity index (χ1n) is 1.16. The Morgan fingerprint density at radius 2 is 1.25 bits per heavy atom. The van der Waals surface area contributed by atoms with Crippen molar-refractivity contribution in [3.8, 4) is 0 Å². The molecule has 0 saturated carbocycles. The molecule has 2 nitrogen and oxygen atoms in total. The van der Waals surface area contributed by atoms with Crippen molar-refractivity contribution in [3.05, 3.63) is 12.4 Å². The summed E-state index contributed by atoms with van der Waals surface area (Å²) in [6, 6.07) is 0. The van der Waals surface area contributed by atoms with Crippen LogP contribution in [0.25, 0.3) is 0 Å². The maximum atomic E-state index is 2.68. The number of nitrogens with one attached hydrogen (secondary N) is 2. The van der Waals surface area contributed by atoms with Crippen molar-refractivity contribution in [2.45, 2.75) is 0 Å². The standard InChI is InChI=1S/C2H4N2/c1-2-4-3-1/h1-4H. The summed E-state index contributed by atoms with van der Waals surface area (Å²) in [5.41, 5.74) is 0. The molecule has 0 fully saturated rings. The van der Waals surface area contributed by atoms with E-state index in [0.717, 1.165) is 0 Å². The fraction of sp³-hybridized carbons (Fsp3) is 0. The van der Waals surface area contributed by atoms with E-state index in [4.69, 9.17) is 0 Å². The fourth-order valence-electron chi connectivity index (χ4n) is 0.0833. The monoisotopic (exact) mass is 56.0 g/mol. The fourth-order valence-corrected chi connectivity index (χ4v) is 0.0833. The van der Waals surface area contributed by atoms with Crippen LogP contribution in [0.1, 0.15) is 0 Å². The van der Waals surface area contributed by atoms with Crippen molar-refractivity contribution >= 4 is 0 Å². The lowest BCUT2D eigenvalue weighted by Crippen LogP contribution is -1.75. The van der Waals surface area contributed by atoms with Crippen LogP contribution in [0, 0.1) is 0 Å². The molecule has 1 aromatic rings. The van der Waals surface area contributed by atoms with Gasteiger partial charge in [0.1, 0.15) is 0 Å². The van der Waals surface area contributed by atoms with Crippen molar-refractivity contribution < 1.29 is 0 Å². The van der Waals surface area contributed by atoms with Crippen LogP contribution in [0.15, 0.2) is 12.4 Å². The van der Waals surface area contributed by atoms with Crippen molar-refractivity contribution in [2.75, 3.05) is 0 Å². The van der Waals surface area contributed by atoms with Gasteiger partial charge in [0.15, 0.2) is 0 Å². The minimum absolute atomic E-state index is 1.82. The lowest BCUT2D eigenvalue weighted by molar-refractivity contribution is 0.962. The lowest BCUT2D eigenvalue weighted by Gasteiger charge is -1.79. The number of rotatable bonds is 0. The minimum Gasteiger partial charge on any atom is -0.307 e. The Labute approximate surface area is 23.8 Å². The van der Waals surface area contributed by atoms with Gasteiger partial charge in [-0.25, -0.2) is 0 Å². The lowest BCUT2D eigenvalue weighted by atomic mass is 10.9. The molecule has 2 N–H and O–H groups in total. The molecule has 4 heavy (non-hydrogen) atoms. The van der Waals surface area contributed by atoms with E-state index in [2.05, 4.69) is 10.2 Å². The molecule has 1 aromatic heterocycles. The zero-order valence-electron chi connectivity index (χ0n) is 2.15. The van der Waals surface area contributed by atoms with Crippen LogP contribution in [0.3, 0.4) is 0 Å². The Balaban J connectivity index is 3.00. The van der Waals surface area contributed by atoms with E-state index in [1.807, 2.05) is 12.4 Å². The molecule has 0 saturated heterocycles. The van der Waals surface area contributed by atoms with E-state index in [9.17, 15) is 0 Å². The van der Waals surface area contributed by atoms with Gasteiger partial charge in [0.05, 0.1) is 0 Å². The highest BCUT2D eigenvalue weighted by molar-refractivity contribution is 4.59. The molecule has 0 amide bonds. The maximum absolute atomic E-state index is 2.68. The summed E-state index contributed by atoms with van der Waals surface area (Å²) in [6.45, 7) is 0. The second kappa shape index (κ2) is 0.377. The molecule has 0 unspecified atom stereocenters. The van der Waals surface area contributed by atoms with Crippen LogP contribution in [-0.2, 0) is 0 Å². The molecule has 0 atom stereocenters. The van der Waals surface area contributed by atoms with Crippen LogP contribution in [0.4, 0.5) is 0 Å². The smallest absolute Gasteiger partial charge is 0.0353 e. The maximum Gasteiger partial charge on any atom is 0.0353 e. The predicted molar refractivity (Wildman–Crippen MR) is 15.1 cm³/mol. The number of aromatic nitrogens is 2. The van der Waals surface area contributed by atoms with Crippen LogP contribution >= 0.6 is 0 Å². The molecule has 0 bridgehead atoms. The Kier molecular flexibility index (Phi) is 0.154. The minimum atomic E-state index is 1.82. The van der Waals surface area contributed by atoms with Gasteiger partial charge >= 0.3 is 0 Å². The van der Waals surface area contributed by atoms with Crippen molar-refractivity contribution in [3.63, 3.8) is 0 Å². The topological polar surface area (TPSA) is 31.6 Å². The average molecular weight is 56.1 g/mol. The average Bonchev–Trinajstić information content (AvgIpc) is 0.722. The SMILES string of the molecule is c1c[nH][nH]1. The van der Waals surface area contributed by atoms with Gasteiger partial charge in [-0.2, -0.15) is 0 Å². The van der Waals surface area contributed by atoms with E-state index < -0.39 is 0 Å². The van der Waals surface area contributed by atoms with E-state index in [-0.39, 0.29) is 0 Å². The summed E-state index contributed by atoms with van der Waals surface area (Å²) in [5.74, 6) is 0. The van der Waals surface area contributed by atoms with E-state index in [1.54, 1.807) is 0 Å². The zero-order chi connectivity index (χ0) is 2.83. The molecule has 1 heterocycles. The van der Waals surface area contributed by atoms with E-state index >= 15 is 0 Å². The summed E-state index contributed by atoms with van der Waals surface area (Å²) in [6.07, 6.45) is 3.64. The Morgan fingerprint density at radius 3 is 1.25 bits per heavy atom. The van der Waals surface area contributed by atoms with Gasteiger partial charge < -0.3 is 10.2 Å². The molecule has 1 rings (SSSR count). The first kappa shape index (κ1) is 1.64. The first-order valence-corrected chi connectivity index (χ1v) is 1.16. The third-order valence-electron chi connectivity index (χ3n) is 0.333. The van der Waals surface area contributed by atoms with Crippen molar-refractivity contribution in [2.24, 2.45) is 0 Å². The molecule has 0 aliphatic rings. The summed E-state index contributed by atoms with van der Waals surface area (Å²) in [5, 5.41) is 5.36. The van der Waals surface area contributed by atoms with E-state index in [1.165, 1.54) is 0 Å². The summed E-state index contributed by atoms with van der Waals surface area (Å²) in [4.78, 5) is 0. The highest BCUT2D eigenvalue weighted by atomic mass is 15.1. The van der Waals surface area contributed by atoms with Crippen molar-refractivity contribution in [1.82, 2.24) is 10.2 Å². The molecule has 0 aromatic carbocycles. The van der Waals surface area contributed by atoms with Crippen LogP contribution in [0.2, 0.25) is 0 Å². The Hall–Kier alpha value is -0.660. The van der Waals surface area contributed by atoms with E-state index in [0.29, 0.717) is 0 Å². The third-order valence-corrected chi connectivity index (χ3v) is 0.333. The first-order chi connectivity index (χ1) is 2.00. The number of hydrogen-bond donors (Lipinski definition) is 2. The van der Waals surface area contributed by atoms with Gasteiger partial charge in [-0.3, -0.25) is 0 Å². The molecular formula is C2H4N2. The summed E-state index contributed by atoms with van der Waals surface area (Å²) in [7, 11) is 0. The Bertz CT molecular complexity index is 45.8. The van der Waals surface area contributed by atoms with Gasteiger partial charge in [0.2, 0.25) is 0 Å². The van der Waals surface area contributed by atoms with Gasteiger partial charge in [-0.05, 0) is 0 Å². The third kappa shape index (κ3) is 0.0139.